The Kier molecular flexibility index (Phi) is 3.32. The number of aliphatic hydroxyl groups is 1. The lowest BCUT2D eigenvalue weighted by Gasteiger charge is -2.12. The SMILES string of the molecule is O=C(CCCO)N1CCCO1. The summed E-state index contributed by atoms with van der Waals surface area (Å²) < 4.78 is 0. The van der Waals surface area contributed by atoms with Crippen LogP contribution in [0.4, 0.5) is 0 Å². The van der Waals surface area contributed by atoms with Crippen LogP contribution in [-0.2, 0) is 9.63 Å². The Bertz CT molecular complexity index is 132. The molecular formula is C7H13NO3. The van der Waals surface area contributed by atoms with Crippen molar-refractivity contribution in [3.8, 4) is 0 Å². The molecule has 64 valence electrons. The molecule has 0 radical (unpaired) electrons. The van der Waals surface area contributed by atoms with E-state index in [1.165, 1.54) is 5.06 Å². The maximum absolute atomic E-state index is 11.1. The van der Waals surface area contributed by atoms with Crippen LogP contribution in [0.1, 0.15) is 19.3 Å². The highest BCUT2D eigenvalue weighted by Gasteiger charge is 2.17. The molecule has 4 nitrogen and oxygen atoms in total. The molecule has 0 spiro atoms. The Hall–Kier alpha value is -0.610. The van der Waals surface area contributed by atoms with Crippen molar-refractivity contribution in [1.82, 2.24) is 5.06 Å². The van der Waals surface area contributed by atoms with Gasteiger partial charge >= 0.3 is 0 Å². The van der Waals surface area contributed by atoms with Gasteiger partial charge in [0.1, 0.15) is 0 Å². The average molecular weight is 159 g/mol. The molecule has 0 saturated carbocycles. The summed E-state index contributed by atoms with van der Waals surface area (Å²) in [6.07, 6.45) is 1.83. The second-order valence-electron chi connectivity index (χ2n) is 2.51. The molecule has 0 bridgehead atoms. The summed E-state index contributed by atoms with van der Waals surface area (Å²) in [6.45, 7) is 1.41. The molecule has 0 unspecified atom stereocenters. The van der Waals surface area contributed by atoms with Crippen LogP contribution in [0.2, 0.25) is 0 Å². The number of nitrogens with zero attached hydrogens (tertiary/aromatic N) is 1. The van der Waals surface area contributed by atoms with Gasteiger partial charge in [-0.05, 0) is 12.8 Å². The molecule has 1 fully saturated rings. The Morgan fingerprint density at radius 2 is 2.45 bits per heavy atom. The largest absolute Gasteiger partial charge is 0.396 e. The molecule has 1 heterocycles. The van der Waals surface area contributed by atoms with Gasteiger partial charge in [0.15, 0.2) is 0 Å². The fourth-order valence-electron chi connectivity index (χ4n) is 0.999. The zero-order valence-corrected chi connectivity index (χ0v) is 6.45. The lowest BCUT2D eigenvalue weighted by Crippen LogP contribution is -2.26. The van der Waals surface area contributed by atoms with Crippen molar-refractivity contribution in [2.45, 2.75) is 19.3 Å². The van der Waals surface area contributed by atoms with Gasteiger partial charge in [-0.2, -0.15) is 0 Å². The van der Waals surface area contributed by atoms with Crippen LogP contribution >= 0.6 is 0 Å². The van der Waals surface area contributed by atoms with Gasteiger partial charge in [0.2, 0.25) is 5.91 Å². The Morgan fingerprint density at radius 1 is 1.64 bits per heavy atom. The minimum absolute atomic E-state index is 0.0171. The first-order valence-corrected chi connectivity index (χ1v) is 3.88. The second-order valence-corrected chi connectivity index (χ2v) is 2.51. The van der Waals surface area contributed by atoms with E-state index in [2.05, 4.69) is 0 Å². The van der Waals surface area contributed by atoms with Gasteiger partial charge in [-0.3, -0.25) is 9.63 Å². The van der Waals surface area contributed by atoms with Crippen LogP contribution in [0.5, 0.6) is 0 Å². The van der Waals surface area contributed by atoms with Crippen molar-refractivity contribution < 1.29 is 14.7 Å². The highest BCUT2D eigenvalue weighted by molar-refractivity contribution is 5.75. The zero-order valence-electron chi connectivity index (χ0n) is 6.45. The predicted molar refractivity (Wildman–Crippen MR) is 38.6 cm³/mol. The maximum Gasteiger partial charge on any atom is 0.246 e. The minimum atomic E-state index is -0.0171. The third kappa shape index (κ3) is 2.48. The number of hydrogen-bond donors (Lipinski definition) is 1. The summed E-state index contributed by atoms with van der Waals surface area (Å²) in [5.74, 6) is -0.0171. The van der Waals surface area contributed by atoms with Gasteiger partial charge in [0.05, 0.1) is 13.2 Å². The second kappa shape index (κ2) is 4.31. The quantitative estimate of drug-likeness (QED) is 0.626. The van der Waals surface area contributed by atoms with Crippen LogP contribution in [0.3, 0.4) is 0 Å². The number of hydrogen-bond acceptors (Lipinski definition) is 3. The number of rotatable bonds is 3. The molecule has 1 saturated heterocycles. The summed E-state index contributed by atoms with van der Waals surface area (Å²) in [6, 6.07) is 0. The van der Waals surface area contributed by atoms with Crippen molar-refractivity contribution >= 4 is 5.91 Å². The van der Waals surface area contributed by atoms with Crippen LogP contribution in [-0.4, -0.2) is 35.8 Å². The van der Waals surface area contributed by atoms with E-state index in [-0.39, 0.29) is 12.5 Å². The van der Waals surface area contributed by atoms with Crippen molar-refractivity contribution in [3.05, 3.63) is 0 Å². The van der Waals surface area contributed by atoms with Crippen molar-refractivity contribution in [2.24, 2.45) is 0 Å². The molecule has 0 aromatic rings. The first kappa shape index (κ1) is 8.49. The molecule has 0 atom stereocenters. The van der Waals surface area contributed by atoms with Gasteiger partial charge in [-0.1, -0.05) is 0 Å². The van der Waals surface area contributed by atoms with E-state index in [0.717, 1.165) is 6.42 Å². The maximum atomic E-state index is 11.1. The highest BCUT2D eigenvalue weighted by Crippen LogP contribution is 2.06. The lowest BCUT2D eigenvalue weighted by molar-refractivity contribution is -0.168. The van der Waals surface area contributed by atoms with E-state index in [1.807, 2.05) is 0 Å². The summed E-state index contributed by atoms with van der Waals surface area (Å²) in [5.41, 5.74) is 0. The van der Waals surface area contributed by atoms with E-state index in [1.54, 1.807) is 0 Å². The Labute approximate surface area is 65.7 Å². The van der Waals surface area contributed by atoms with Gasteiger partial charge in [0, 0.05) is 13.0 Å². The molecule has 0 aromatic heterocycles. The number of carbonyl (C=O) groups is 1. The summed E-state index contributed by atoms with van der Waals surface area (Å²) in [7, 11) is 0. The summed E-state index contributed by atoms with van der Waals surface area (Å²) in [4.78, 5) is 16.1. The molecule has 1 amide bonds. The topological polar surface area (TPSA) is 49.8 Å². The monoisotopic (exact) mass is 159 g/mol. The summed E-state index contributed by atoms with van der Waals surface area (Å²) in [5, 5.41) is 9.83. The van der Waals surface area contributed by atoms with Gasteiger partial charge in [0.25, 0.3) is 0 Å². The number of carbonyl (C=O) groups excluding carboxylic acids is 1. The summed E-state index contributed by atoms with van der Waals surface area (Å²) >= 11 is 0. The molecule has 11 heavy (non-hydrogen) atoms. The predicted octanol–water partition coefficient (Wildman–Crippen LogP) is -0.0772. The number of aliphatic hydroxyl groups excluding tert-OH is 1. The van der Waals surface area contributed by atoms with E-state index >= 15 is 0 Å². The lowest BCUT2D eigenvalue weighted by atomic mass is 10.3. The molecular weight excluding hydrogens is 146 g/mol. The third-order valence-electron chi connectivity index (χ3n) is 1.58. The molecule has 1 aliphatic rings. The van der Waals surface area contributed by atoms with Crippen LogP contribution in [0.15, 0.2) is 0 Å². The van der Waals surface area contributed by atoms with Gasteiger partial charge in [-0.15, -0.1) is 0 Å². The zero-order chi connectivity index (χ0) is 8.10. The average Bonchev–Trinajstić information content (AvgIpc) is 2.52. The fourth-order valence-corrected chi connectivity index (χ4v) is 0.999. The van der Waals surface area contributed by atoms with Crippen LogP contribution in [0.25, 0.3) is 0 Å². The van der Waals surface area contributed by atoms with E-state index in [0.29, 0.717) is 26.0 Å². The Morgan fingerprint density at radius 3 is 3.00 bits per heavy atom. The minimum Gasteiger partial charge on any atom is -0.396 e. The first-order chi connectivity index (χ1) is 5.34. The molecule has 0 aromatic carbocycles. The van der Waals surface area contributed by atoms with Gasteiger partial charge in [-0.25, -0.2) is 5.06 Å². The molecule has 0 aliphatic carbocycles. The van der Waals surface area contributed by atoms with Crippen molar-refractivity contribution in [1.29, 1.82) is 0 Å². The fraction of sp³-hybridized carbons (Fsp3) is 0.857. The molecule has 1 aliphatic heterocycles. The van der Waals surface area contributed by atoms with E-state index in [9.17, 15) is 4.79 Å². The smallest absolute Gasteiger partial charge is 0.246 e. The molecule has 1 rings (SSSR count). The van der Waals surface area contributed by atoms with Crippen LogP contribution in [0, 0.1) is 0 Å². The molecule has 1 N–H and O–H groups in total. The normalized spacial score (nSPS) is 17.4. The third-order valence-corrected chi connectivity index (χ3v) is 1.58. The number of hydroxylamine groups is 2. The van der Waals surface area contributed by atoms with Gasteiger partial charge < -0.3 is 5.11 Å². The first-order valence-electron chi connectivity index (χ1n) is 3.88. The number of amides is 1. The highest BCUT2D eigenvalue weighted by atomic mass is 16.7. The van der Waals surface area contributed by atoms with Crippen molar-refractivity contribution in [3.63, 3.8) is 0 Å². The Balaban J connectivity index is 2.17. The standard InChI is InChI=1S/C7H13NO3/c9-5-1-3-7(10)8-4-2-6-11-8/h9H,1-6H2. The van der Waals surface area contributed by atoms with E-state index in [4.69, 9.17) is 9.94 Å². The molecule has 4 heteroatoms. The van der Waals surface area contributed by atoms with Crippen LogP contribution < -0.4 is 0 Å². The van der Waals surface area contributed by atoms with Crippen molar-refractivity contribution in [2.75, 3.05) is 19.8 Å². The van der Waals surface area contributed by atoms with E-state index < -0.39 is 0 Å².